The Kier molecular flexibility index (Phi) is 8.98. The summed E-state index contributed by atoms with van der Waals surface area (Å²) in [4.78, 5) is 54.2. The Hall–Kier alpha value is -7.53. The lowest BCUT2D eigenvalue weighted by Gasteiger charge is -2.35. The first-order valence-electron chi connectivity index (χ1n) is 21.6. The second-order valence-corrected chi connectivity index (χ2v) is 17.6. The highest BCUT2D eigenvalue weighted by atomic mass is 19.1. The van der Waals surface area contributed by atoms with E-state index in [0.29, 0.717) is 64.8 Å². The Morgan fingerprint density at radius 3 is 2.42 bits per heavy atom. The van der Waals surface area contributed by atoms with Crippen LogP contribution in [0.3, 0.4) is 0 Å². The number of ether oxygens (including phenoxy) is 1. The highest BCUT2D eigenvalue weighted by molar-refractivity contribution is 6.01. The van der Waals surface area contributed by atoms with Gasteiger partial charge in [-0.05, 0) is 117 Å². The van der Waals surface area contributed by atoms with Crippen molar-refractivity contribution in [2.24, 2.45) is 13.0 Å². The maximum absolute atomic E-state index is 15.6. The smallest absolute Gasteiger partial charge is 0.427 e. The molecule has 16 nitrogen and oxygen atoms in total. The molecule has 1 saturated heterocycles. The molecule has 3 aromatic carbocycles. The van der Waals surface area contributed by atoms with Crippen molar-refractivity contribution in [3.05, 3.63) is 135 Å². The normalized spacial score (nSPS) is 20.3. The van der Waals surface area contributed by atoms with Crippen molar-refractivity contribution in [1.82, 2.24) is 53.9 Å². The molecule has 7 heterocycles. The second-order valence-electron chi connectivity index (χ2n) is 17.6. The molecule has 0 radical (unpaired) electrons. The molecule has 2 fully saturated rings. The first kappa shape index (κ1) is 40.3. The molecule has 11 rings (SSSR count). The van der Waals surface area contributed by atoms with Crippen molar-refractivity contribution in [2.45, 2.75) is 65.2 Å². The van der Waals surface area contributed by atoms with Gasteiger partial charge in [-0.15, -0.1) is 5.48 Å². The number of imidazole rings is 1. The summed E-state index contributed by atoms with van der Waals surface area (Å²) in [5, 5.41) is 14.1. The monoisotopic (exact) mass is 875 g/mol. The van der Waals surface area contributed by atoms with E-state index in [4.69, 9.17) is 14.7 Å². The van der Waals surface area contributed by atoms with E-state index >= 15 is 9.18 Å². The van der Waals surface area contributed by atoms with Crippen LogP contribution in [0.1, 0.15) is 64.7 Å². The summed E-state index contributed by atoms with van der Waals surface area (Å²) >= 11 is 0. The minimum atomic E-state index is -0.732. The van der Waals surface area contributed by atoms with Crippen LogP contribution in [0.15, 0.2) is 90.2 Å². The van der Waals surface area contributed by atoms with E-state index in [1.807, 2.05) is 68.3 Å². The third kappa shape index (κ3) is 5.97. The van der Waals surface area contributed by atoms with Gasteiger partial charge in [0.25, 0.3) is 5.91 Å². The molecule has 3 aliphatic rings. The number of hydroxylamine groups is 1. The molecule has 1 aliphatic carbocycles. The van der Waals surface area contributed by atoms with Gasteiger partial charge in [-0.1, -0.05) is 13.0 Å². The number of aryl methyl sites for hydroxylation is 3. The van der Waals surface area contributed by atoms with E-state index < -0.39 is 23.8 Å². The van der Waals surface area contributed by atoms with Crippen LogP contribution in [0.5, 0.6) is 5.88 Å². The van der Waals surface area contributed by atoms with Crippen LogP contribution >= 0.6 is 0 Å². The van der Waals surface area contributed by atoms with Crippen LogP contribution in [0.2, 0.25) is 0 Å². The van der Waals surface area contributed by atoms with Crippen molar-refractivity contribution in [1.29, 1.82) is 0 Å². The Balaban J connectivity index is 1.06. The van der Waals surface area contributed by atoms with Crippen molar-refractivity contribution in [3.8, 4) is 34.2 Å². The van der Waals surface area contributed by atoms with E-state index in [-0.39, 0.29) is 23.3 Å². The van der Waals surface area contributed by atoms with Crippen LogP contribution in [0.4, 0.5) is 9.18 Å². The molecule has 0 spiro atoms. The number of halogens is 1. The van der Waals surface area contributed by atoms with Gasteiger partial charge >= 0.3 is 11.8 Å². The molecular weight excluding hydrogens is 830 g/mol. The molecule has 0 bridgehead atoms. The van der Waals surface area contributed by atoms with Gasteiger partial charge < -0.3 is 19.0 Å². The Bertz CT molecular complexity index is 3350. The van der Waals surface area contributed by atoms with Gasteiger partial charge in [-0.2, -0.15) is 10.2 Å². The number of methoxy groups -OCH3 is 1. The van der Waals surface area contributed by atoms with Crippen LogP contribution < -0.4 is 21.2 Å². The van der Waals surface area contributed by atoms with Crippen LogP contribution in [0.25, 0.3) is 50.1 Å². The zero-order chi connectivity index (χ0) is 45.2. The topological polar surface area (TPSA) is 160 Å². The summed E-state index contributed by atoms with van der Waals surface area (Å²) in [5.74, 6) is 0.501. The lowest BCUT2D eigenvalue weighted by Crippen LogP contribution is -2.49. The molecule has 17 heteroatoms. The summed E-state index contributed by atoms with van der Waals surface area (Å²) < 4.78 is 29.3. The zero-order valence-corrected chi connectivity index (χ0v) is 36.9. The zero-order valence-electron chi connectivity index (χ0n) is 36.9. The molecule has 8 aromatic rings. The van der Waals surface area contributed by atoms with E-state index in [2.05, 4.69) is 38.4 Å². The quantitative estimate of drug-likeness (QED) is 0.166. The number of carbonyl (C=O) groups excluding carboxylic acids is 2. The summed E-state index contributed by atoms with van der Waals surface area (Å²) in [6, 6.07) is 18.6. The van der Waals surface area contributed by atoms with Crippen molar-refractivity contribution in [2.75, 3.05) is 13.7 Å². The second kappa shape index (κ2) is 14.5. The van der Waals surface area contributed by atoms with Crippen LogP contribution in [0, 0.1) is 32.5 Å². The fourth-order valence-corrected chi connectivity index (χ4v) is 10.4. The van der Waals surface area contributed by atoms with E-state index in [1.165, 1.54) is 0 Å². The van der Waals surface area contributed by atoms with Gasteiger partial charge in [0.05, 0.1) is 47.5 Å². The number of carbonyl (C=O) groups is 2. The average molecular weight is 876 g/mol. The highest BCUT2D eigenvalue weighted by Gasteiger charge is 2.62. The summed E-state index contributed by atoms with van der Waals surface area (Å²) in [7, 11) is 3.46. The SMILES string of the molecule is COc1nccc(-c2ccc3c(c2)cc(C(=O)N2CCc4nn(-c5cc(C)c(F)c(C)c5)c(-n5ccn(-c6ccc7c(cnn7C)c6)c5=O)c4[C@@H]2C)n3[C@@]2(C3NOC(=O)N3)C[C@@H]2C)c1C. The highest BCUT2D eigenvalue weighted by Crippen LogP contribution is 2.55. The van der Waals surface area contributed by atoms with E-state index in [1.54, 1.807) is 76.4 Å². The number of rotatable bonds is 8. The third-order valence-corrected chi connectivity index (χ3v) is 13.8. The minimum absolute atomic E-state index is 0.0585. The molecular formula is C48H46FN11O5. The Morgan fingerprint density at radius 1 is 0.938 bits per heavy atom. The minimum Gasteiger partial charge on any atom is -0.481 e. The summed E-state index contributed by atoms with van der Waals surface area (Å²) in [6.07, 6.45) is 6.76. The maximum atomic E-state index is 15.6. The van der Waals surface area contributed by atoms with Gasteiger partial charge in [0, 0.05) is 66.0 Å². The predicted octanol–water partition coefficient (Wildman–Crippen LogP) is 6.86. The molecule has 2 amide bonds. The van der Waals surface area contributed by atoms with E-state index in [9.17, 15) is 9.59 Å². The number of aromatic nitrogens is 8. The maximum Gasteiger partial charge on any atom is 0.427 e. The lowest BCUT2D eigenvalue weighted by molar-refractivity contribution is 0.0653. The van der Waals surface area contributed by atoms with Crippen molar-refractivity contribution < 1.29 is 23.6 Å². The number of nitrogens with zero attached hydrogens (tertiary/aromatic N) is 9. The number of fused-ring (bicyclic) bond motifs is 3. The molecule has 1 unspecified atom stereocenters. The van der Waals surface area contributed by atoms with Gasteiger partial charge in [0.1, 0.15) is 23.5 Å². The standard InChI is InChI=1S/C48H46FN11O5/c1-25-18-34(19-26(2)41(25)49)60-43(58-17-16-57(47(58)63)33-9-11-37-32(21-33)24-51-55(37)6)40-29(5)56(15-13-36(40)53-60)44(61)39-22-31-20-30(35-12-14-50-42(64-7)28(35)4)8-10-38(31)59(39)48(23-27(48)3)45-52-46(62)65-54-45/h8-12,14,16-22,24,27,29,45,54H,13,15,23H2,1-7H3,(H,52,62)/t27-,29-,45?,48-/m0/s1. The fraction of sp³-hybridized carbons (Fsp3) is 0.292. The molecule has 2 N–H and O–H groups in total. The number of nitrogens with one attached hydrogen (secondary N) is 2. The predicted molar refractivity (Wildman–Crippen MR) is 240 cm³/mol. The largest absolute Gasteiger partial charge is 0.481 e. The number of hydrogen-bond donors (Lipinski definition) is 2. The average Bonchev–Trinajstić information content (AvgIpc) is 3.93. The summed E-state index contributed by atoms with van der Waals surface area (Å²) in [6.45, 7) is 9.76. The van der Waals surface area contributed by atoms with Gasteiger partial charge in [-0.3, -0.25) is 23.9 Å². The number of pyridine rings is 1. The number of hydrogen-bond acceptors (Lipinski definition) is 9. The first-order valence-corrected chi connectivity index (χ1v) is 21.6. The molecule has 1 saturated carbocycles. The molecule has 5 aromatic heterocycles. The fourth-order valence-electron chi connectivity index (χ4n) is 10.4. The number of amides is 2. The van der Waals surface area contributed by atoms with Gasteiger partial charge in [0.2, 0.25) is 5.88 Å². The van der Waals surface area contributed by atoms with E-state index in [0.717, 1.165) is 44.2 Å². The molecule has 330 valence electrons. The molecule has 65 heavy (non-hydrogen) atoms. The Labute approximate surface area is 371 Å². The number of benzene rings is 3. The third-order valence-electron chi connectivity index (χ3n) is 13.8. The van der Waals surface area contributed by atoms with Gasteiger partial charge in [0.15, 0.2) is 0 Å². The van der Waals surface area contributed by atoms with Gasteiger partial charge in [-0.25, -0.2) is 23.6 Å². The van der Waals surface area contributed by atoms with Crippen LogP contribution in [-0.2, 0) is 23.8 Å². The lowest BCUT2D eigenvalue weighted by atomic mass is 9.98. The first-order chi connectivity index (χ1) is 31.3. The Morgan fingerprint density at radius 2 is 1.69 bits per heavy atom. The van der Waals surface area contributed by atoms with Crippen LogP contribution in [-0.4, -0.2) is 75.0 Å². The molecule has 2 aliphatic heterocycles. The summed E-state index contributed by atoms with van der Waals surface area (Å²) in [5.41, 5.74) is 10.3. The van der Waals surface area contributed by atoms with Crippen molar-refractivity contribution in [3.63, 3.8) is 0 Å². The van der Waals surface area contributed by atoms with Crippen molar-refractivity contribution >= 4 is 33.8 Å². The molecule has 4 atom stereocenters.